The molecule has 25 heavy (non-hydrogen) atoms. The van der Waals surface area contributed by atoms with Gasteiger partial charge in [-0.05, 0) is 42.0 Å². The molecule has 6 heteroatoms. The van der Waals surface area contributed by atoms with E-state index in [9.17, 15) is 9.59 Å². The molecule has 1 heterocycles. The number of nitrogens with one attached hydrogen (secondary N) is 1. The van der Waals surface area contributed by atoms with E-state index in [1.54, 1.807) is 36.3 Å². The Hall–Kier alpha value is -2.53. The van der Waals surface area contributed by atoms with E-state index < -0.39 is 0 Å². The summed E-state index contributed by atoms with van der Waals surface area (Å²) < 4.78 is 5.13. The molecule has 0 aromatic heterocycles. The molecule has 0 radical (unpaired) electrons. The maximum atomic E-state index is 12.4. The summed E-state index contributed by atoms with van der Waals surface area (Å²) in [6.07, 6.45) is 0.232. The summed E-state index contributed by atoms with van der Waals surface area (Å²) in [6.45, 7) is 0.915. The van der Waals surface area contributed by atoms with Crippen molar-refractivity contribution >= 4 is 29.1 Å². The Kier molecular flexibility index (Phi) is 5.24. The average molecular weight is 359 g/mol. The van der Waals surface area contributed by atoms with Gasteiger partial charge in [-0.1, -0.05) is 23.7 Å². The predicted molar refractivity (Wildman–Crippen MR) is 96.6 cm³/mol. The van der Waals surface area contributed by atoms with E-state index in [2.05, 4.69) is 5.32 Å². The van der Waals surface area contributed by atoms with Crippen molar-refractivity contribution in [3.63, 3.8) is 0 Å². The number of amides is 2. The van der Waals surface area contributed by atoms with Gasteiger partial charge in [-0.25, -0.2) is 0 Å². The van der Waals surface area contributed by atoms with Crippen LogP contribution in [0.2, 0.25) is 5.02 Å². The Bertz CT molecular complexity index is 759. The molecule has 1 saturated heterocycles. The third kappa shape index (κ3) is 4.31. The Morgan fingerprint density at radius 2 is 1.88 bits per heavy atom. The predicted octanol–water partition coefficient (Wildman–Crippen LogP) is 3.34. The van der Waals surface area contributed by atoms with Gasteiger partial charge in [0.25, 0.3) is 0 Å². The van der Waals surface area contributed by atoms with Crippen LogP contribution in [0.4, 0.5) is 5.69 Å². The van der Waals surface area contributed by atoms with Crippen LogP contribution >= 0.6 is 11.6 Å². The average Bonchev–Trinajstić information content (AvgIpc) is 2.98. The molecule has 130 valence electrons. The van der Waals surface area contributed by atoms with E-state index in [1.165, 1.54) is 0 Å². The smallest absolute Gasteiger partial charge is 0.229 e. The van der Waals surface area contributed by atoms with Crippen molar-refractivity contribution in [1.29, 1.82) is 0 Å². The van der Waals surface area contributed by atoms with Crippen molar-refractivity contribution in [2.45, 2.75) is 13.0 Å². The van der Waals surface area contributed by atoms with Gasteiger partial charge in [0.15, 0.2) is 0 Å². The fourth-order valence-electron chi connectivity index (χ4n) is 2.83. The maximum Gasteiger partial charge on any atom is 0.229 e. The molecule has 2 aromatic carbocycles. The van der Waals surface area contributed by atoms with Crippen molar-refractivity contribution in [2.75, 3.05) is 19.0 Å². The molecule has 1 aliphatic heterocycles. The number of ether oxygens (including phenoxy) is 1. The molecule has 1 atom stereocenters. The summed E-state index contributed by atoms with van der Waals surface area (Å²) in [5.74, 6) is 0.276. The highest BCUT2D eigenvalue weighted by molar-refractivity contribution is 6.30. The number of carbonyl (C=O) groups excluding carboxylic acids is 2. The number of methoxy groups -OCH3 is 1. The van der Waals surface area contributed by atoms with Crippen LogP contribution in [0, 0.1) is 5.92 Å². The third-order valence-corrected chi connectivity index (χ3v) is 4.48. The summed E-state index contributed by atoms with van der Waals surface area (Å²) in [5.41, 5.74) is 1.68. The molecule has 1 fully saturated rings. The number of hydrogen-bond donors (Lipinski definition) is 1. The van der Waals surface area contributed by atoms with Crippen molar-refractivity contribution in [2.24, 2.45) is 5.92 Å². The van der Waals surface area contributed by atoms with Crippen LogP contribution in [0.5, 0.6) is 5.75 Å². The SMILES string of the molecule is COc1ccc(CN2CC(C(=O)Nc3ccc(Cl)cc3)CC2=O)cc1. The number of likely N-dealkylation sites (tertiary alicyclic amines) is 1. The Balaban J connectivity index is 1.59. The monoisotopic (exact) mass is 358 g/mol. The van der Waals surface area contributed by atoms with Crippen LogP contribution in [-0.4, -0.2) is 30.4 Å². The van der Waals surface area contributed by atoms with Crippen molar-refractivity contribution in [3.8, 4) is 5.75 Å². The van der Waals surface area contributed by atoms with Crippen LogP contribution in [0.3, 0.4) is 0 Å². The number of carbonyl (C=O) groups is 2. The first-order valence-corrected chi connectivity index (χ1v) is 8.40. The first-order chi connectivity index (χ1) is 12.0. The lowest BCUT2D eigenvalue weighted by atomic mass is 10.1. The molecule has 2 amide bonds. The molecule has 2 aromatic rings. The topological polar surface area (TPSA) is 58.6 Å². The van der Waals surface area contributed by atoms with Crippen LogP contribution in [0.25, 0.3) is 0 Å². The maximum absolute atomic E-state index is 12.4. The van der Waals surface area contributed by atoms with Crippen LogP contribution < -0.4 is 10.1 Å². The minimum Gasteiger partial charge on any atom is -0.497 e. The molecule has 0 aliphatic carbocycles. The van der Waals surface area contributed by atoms with Gasteiger partial charge < -0.3 is 15.0 Å². The summed E-state index contributed by atoms with van der Waals surface area (Å²) in [6, 6.07) is 14.5. The largest absolute Gasteiger partial charge is 0.497 e. The minimum atomic E-state index is -0.346. The molecule has 0 bridgehead atoms. The molecular weight excluding hydrogens is 340 g/mol. The van der Waals surface area contributed by atoms with Gasteiger partial charge >= 0.3 is 0 Å². The van der Waals surface area contributed by atoms with Crippen molar-refractivity contribution in [1.82, 2.24) is 4.90 Å². The first-order valence-electron chi connectivity index (χ1n) is 8.02. The van der Waals surface area contributed by atoms with Crippen molar-refractivity contribution in [3.05, 3.63) is 59.1 Å². The highest BCUT2D eigenvalue weighted by Crippen LogP contribution is 2.23. The molecule has 3 rings (SSSR count). The number of nitrogens with zero attached hydrogens (tertiary/aromatic N) is 1. The van der Waals surface area contributed by atoms with E-state index in [1.807, 2.05) is 24.3 Å². The quantitative estimate of drug-likeness (QED) is 0.891. The van der Waals surface area contributed by atoms with Gasteiger partial charge in [0.05, 0.1) is 13.0 Å². The lowest BCUT2D eigenvalue weighted by molar-refractivity contribution is -0.128. The number of rotatable bonds is 5. The van der Waals surface area contributed by atoms with E-state index >= 15 is 0 Å². The third-order valence-electron chi connectivity index (χ3n) is 4.23. The van der Waals surface area contributed by atoms with Gasteiger partial charge in [0.1, 0.15) is 5.75 Å². The summed E-state index contributed by atoms with van der Waals surface area (Å²) in [5, 5.41) is 3.45. The highest BCUT2D eigenvalue weighted by Gasteiger charge is 2.34. The molecule has 1 N–H and O–H groups in total. The summed E-state index contributed by atoms with van der Waals surface area (Å²) in [7, 11) is 1.61. The molecule has 1 unspecified atom stereocenters. The second-order valence-corrected chi connectivity index (χ2v) is 6.46. The molecule has 0 saturated carbocycles. The Morgan fingerprint density at radius 1 is 1.20 bits per heavy atom. The summed E-state index contributed by atoms with van der Waals surface area (Å²) >= 11 is 5.84. The number of hydrogen-bond acceptors (Lipinski definition) is 3. The molecular formula is C19H19ClN2O3. The standard InChI is InChI=1S/C19H19ClN2O3/c1-25-17-8-2-13(3-9-17)11-22-12-14(10-18(22)23)19(24)21-16-6-4-15(20)5-7-16/h2-9,14H,10-12H2,1H3,(H,21,24). The van der Waals surface area contributed by atoms with Crippen molar-refractivity contribution < 1.29 is 14.3 Å². The number of anilines is 1. The fourth-order valence-corrected chi connectivity index (χ4v) is 2.96. The second-order valence-electron chi connectivity index (χ2n) is 6.02. The van der Waals surface area contributed by atoms with E-state index in [-0.39, 0.29) is 24.2 Å². The Morgan fingerprint density at radius 3 is 2.52 bits per heavy atom. The van der Waals surface area contributed by atoms with Gasteiger partial charge in [-0.15, -0.1) is 0 Å². The minimum absolute atomic E-state index is 0.00734. The number of halogens is 1. The Labute approximate surface area is 151 Å². The van der Waals surface area contributed by atoms with Gasteiger partial charge in [0.2, 0.25) is 11.8 Å². The van der Waals surface area contributed by atoms with Gasteiger partial charge in [-0.3, -0.25) is 9.59 Å². The van der Waals surface area contributed by atoms with Gasteiger partial charge in [-0.2, -0.15) is 0 Å². The fraction of sp³-hybridized carbons (Fsp3) is 0.263. The van der Waals surface area contributed by atoms with E-state index in [0.29, 0.717) is 23.8 Å². The molecule has 1 aliphatic rings. The molecule has 5 nitrogen and oxygen atoms in total. The van der Waals surface area contributed by atoms with E-state index in [4.69, 9.17) is 16.3 Å². The van der Waals surface area contributed by atoms with Gasteiger partial charge in [0, 0.05) is 30.2 Å². The summed E-state index contributed by atoms with van der Waals surface area (Å²) in [4.78, 5) is 26.3. The van der Waals surface area contributed by atoms with Crippen LogP contribution in [0.15, 0.2) is 48.5 Å². The lowest BCUT2D eigenvalue weighted by Crippen LogP contribution is -2.28. The van der Waals surface area contributed by atoms with E-state index in [0.717, 1.165) is 11.3 Å². The van der Waals surface area contributed by atoms with Crippen LogP contribution in [0.1, 0.15) is 12.0 Å². The molecule has 0 spiro atoms. The zero-order valence-electron chi connectivity index (χ0n) is 13.9. The zero-order chi connectivity index (χ0) is 17.8. The zero-order valence-corrected chi connectivity index (χ0v) is 14.6. The first kappa shape index (κ1) is 17.3. The highest BCUT2D eigenvalue weighted by atomic mass is 35.5. The normalized spacial score (nSPS) is 16.8. The second kappa shape index (κ2) is 7.57. The lowest BCUT2D eigenvalue weighted by Gasteiger charge is -2.17. The van der Waals surface area contributed by atoms with Crippen LogP contribution in [-0.2, 0) is 16.1 Å². The number of benzene rings is 2.